The van der Waals surface area contributed by atoms with Crippen LogP contribution >= 0.6 is 11.3 Å². The highest BCUT2D eigenvalue weighted by Crippen LogP contribution is 2.32. The predicted octanol–water partition coefficient (Wildman–Crippen LogP) is 5.21. The molecule has 36 heavy (non-hydrogen) atoms. The molecule has 1 aliphatic rings. The van der Waals surface area contributed by atoms with Gasteiger partial charge in [-0.1, -0.05) is 67.1 Å². The number of nitrogens with zero attached hydrogens (tertiary/aromatic N) is 3. The van der Waals surface area contributed by atoms with Crippen molar-refractivity contribution in [2.45, 2.75) is 52.4 Å². The molecule has 5 rings (SSSR count). The van der Waals surface area contributed by atoms with E-state index >= 15 is 0 Å². The minimum absolute atomic E-state index is 0.191. The van der Waals surface area contributed by atoms with Gasteiger partial charge in [-0.2, -0.15) is 5.10 Å². The molecule has 184 valence electrons. The summed E-state index contributed by atoms with van der Waals surface area (Å²) in [4.78, 5) is 30.3. The van der Waals surface area contributed by atoms with Crippen molar-refractivity contribution in [1.82, 2.24) is 20.0 Å². The number of aromatic nitrogens is 2. The summed E-state index contributed by atoms with van der Waals surface area (Å²) in [5.74, 6) is -0.385. The Labute approximate surface area is 215 Å². The number of amides is 2. The SMILES string of the molecule is CCc1ccc(CN2C(=O)c3cc(-c4cccs4)nn3CC2(C)C(=O)NCc2ccc(C)cc2)cc1. The molecule has 0 bridgehead atoms. The first-order valence-corrected chi connectivity index (χ1v) is 13.1. The Morgan fingerprint density at radius 2 is 1.75 bits per heavy atom. The van der Waals surface area contributed by atoms with Crippen LogP contribution in [0.2, 0.25) is 0 Å². The number of nitrogens with one attached hydrogen (secondary N) is 1. The van der Waals surface area contributed by atoms with E-state index in [2.05, 4.69) is 24.4 Å². The Morgan fingerprint density at radius 1 is 1.06 bits per heavy atom. The molecule has 1 atom stereocenters. The van der Waals surface area contributed by atoms with Gasteiger partial charge in [0, 0.05) is 13.1 Å². The molecule has 0 fully saturated rings. The molecule has 3 heterocycles. The van der Waals surface area contributed by atoms with Gasteiger partial charge in [-0.3, -0.25) is 14.3 Å². The monoisotopic (exact) mass is 498 g/mol. The molecule has 2 amide bonds. The standard InChI is InChI=1S/C29H30N4O2S/c1-4-21-11-13-23(14-12-21)18-32-27(34)25-16-24(26-6-5-15-36-26)31-33(25)19-29(32,3)28(35)30-17-22-9-7-20(2)8-10-22/h5-16H,4,17-19H2,1-3H3,(H,30,35). The second kappa shape index (κ2) is 9.74. The lowest BCUT2D eigenvalue weighted by Crippen LogP contribution is -2.63. The number of rotatable bonds is 7. The molecule has 7 heteroatoms. The largest absolute Gasteiger partial charge is 0.350 e. The molecule has 2 aromatic carbocycles. The van der Waals surface area contributed by atoms with Gasteiger partial charge < -0.3 is 10.2 Å². The maximum atomic E-state index is 13.8. The van der Waals surface area contributed by atoms with Gasteiger partial charge >= 0.3 is 0 Å². The summed E-state index contributed by atoms with van der Waals surface area (Å²) in [6.45, 7) is 7.02. The number of fused-ring (bicyclic) bond motifs is 1. The van der Waals surface area contributed by atoms with Crippen LogP contribution in [0, 0.1) is 6.92 Å². The van der Waals surface area contributed by atoms with Gasteiger partial charge in [-0.25, -0.2) is 0 Å². The van der Waals surface area contributed by atoms with Crippen molar-refractivity contribution in [2.24, 2.45) is 0 Å². The smallest absolute Gasteiger partial charge is 0.273 e. The van der Waals surface area contributed by atoms with Crippen molar-refractivity contribution in [3.8, 4) is 10.6 Å². The van der Waals surface area contributed by atoms with E-state index in [1.807, 2.05) is 73.8 Å². The van der Waals surface area contributed by atoms with E-state index in [0.717, 1.165) is 28.1 Å². The van der Waals surface area contributed by atoms with Gasteiger partial charge in [-0.15, -0.1) is 11.3 Å². The van der Waals surface area contributed by atoms with Gasteiger partial charge in [0.2, 0.25) is 5.91 Å². The van der Waals surface area contributed by atoms with Gasteiger partial charge in [0.1, 0.15) is 16.9 Å². The molecule has 1 unspecified atom stereocenters. The molecule has 0 spiro atoms. The number of aryl methyl sites for hydroxylation is 2. The Hall–Kier alpha value is -3.71. The van der Waals surface area contributed by atoms with Crippen LogP contribution in [-0.2, 0) is 30.8 Å². The first-order valence-electron chi connectivity index (χ1n) is 12.2. The zero-order chi connectivity index (χ0) is 25.3. The maximum absolute atomic E-state index is 13.8. The summed E-state index contributed by atoms with van der Waals surface area (Å²) in [6, 6.07) is 22.1. The average Bonchev–Trinajstić information content (AvgIpc) is 3.57. The Kier molecular flexibility index (Phi) is 6.49. The first kappa shape index (κ1) is 24.0. The van der Waals surface area contributed by atoms with Crippen molar-refractivity contribution in [3.05, 3.63) is 100 Å². The van der Waals surface area contributed by atoms with Gasteiger partial charge in [0.15, 0.2) is 0 Å². The van der Waals surface area contributed by atoms with Crippen LogP contribution < -0.4 is 5.32 Å². The minimum atomic E-state index is -1.10. The third kappa shape index (κ3) is 4.58. The molecule has 1 N–H and O–H groups in total. The Balaban J connectivity index is 1.47. The number of carbonyl (C=O) groups excluding carboxylic acids is 2. The van der Waals surface area contributed by atoms with Gasteiger partial charge in [-0.05, 0) is 54.5 Å². The van der Waals surface area contributed by atoms with Crippen LogP contribution in [0.25, 0.3) is 10.6 Å². The van der Waals surface area contributed by atoms with Crippen molar-refractivity contribution in [2.75, 3.05) is 0 Å². The van der Waals surface area contributed by atoms with Crippen LogP contribution in [0.5, 0.6) is 0 Å². The molecule has 0 saturated heterocycles. The average molecular weight is 499 g/mol. The van der Waals surface area contributed by atoms with E-state index in [-0.39, 0.29) is 18.4 Å². The fraction of sp³-hybridized carbons (Fsp3) is 0.276. The molecule has 1 aliphatic heterocycles. The van der Waals surface area contributed by atoms with Crippen LogP contribution in [0.4, 0.5) is 0 Å². The molecule has 2 aromatic heterocycles. The highest BCUT2D eigenvalue weighted by Gasteiger charge is 2.48. The summed E-state index contributed by atoms with van der Waals surface area (Å²) in [5, 5.41) is 9.78. The fourth-order valence-corrected chi connectivity index (χ4v) is 5.26. The van der Waals surface area contributed by atoms with E-state index in [9.17, 15) is 9.59 Å². The Bertz CT molecular complexity index is 1370. The third-order valence-electron chi connectivity index (χ3n) is 6.91. The zero-order valence-corrected chi connectivity index (χ0v) is 21.6. The van der Waals surface area contributed by atoms with E-state index in [0.29, 0.717) is 18.8 Å². The number of thiophene rings is 1. The molecule has 0 saturated carbocycles. The molecule has 0 radical (unpaired) electrons. The molecule has 4 aromatic rings. The van der Waals surface area contributed by atoms with Crippen molar-refractivity contribution < 1.29 is 9.59 Å². The topological polar surface area (TPSA) is 67.2 Å². The molecular formula is C29H30N4O2S. The number of hydrogen-bond donors (Lipinski definition) is 1. The molecule has 6 nitrogen and oxygen atoms in total. The number of benzene rings is 2. The van der Waals surface area contributed by atoms with E-state index in [4.69, 9.17) is 5.10 Å². The Morgan fingerprint density at radius 3 is 2.42 bits per heavy atom. The highest BCUT2D eigenvalue weighted by molar-refractivity contribution is 7.13. The fourth-order valence-electron chi connectivity index (χ4n) is 4.58. The summed E-state index contributed by atoms with van der Waals surface area (Å²) < 4.78 is 1.69. The number of hydrogen-bond acceptors (Lipinski definition) is 4. The van der Waals surface area contributed by atoms with Crippen LogP contribution in [0.1, 0.15) is 46.6 Å². The van der Waals surface area contributed by atoms with Gasteiger partial charge in [0.25, 0.3) is 5.91 Å². The normalized spacial score (nSPS) is 17.2. The maximum Gasteiger partial charge on any atom is 0.273 e. The predicted molar refractivity (Wildman–Crippen MR) is 143 cm³/mol. The van der Waals surface area contributed by atoms with Crippen LogP contribution in [0.3, 0.4) is 0 Å². The number of carbonyl (C=O) groups is 2. The second-order valence-electron chi connectivity index (χ2n) is 9.55. The van der Waals surface area contributed by atoms with Crippen LogP contribution in [0.15, 0.2) is 72.1 Å². The third-order valence-corrected chi connectivity index (χ3v) is 7.80. The lowest BCUT2D eigenvalue weighted by atomic mass is 9.93. The van der Waals surface area contributed by atoms with Crippen molar-refractivity contribution in [3.63, 3.8) is 0 Å². The molecule has 0 aliphatic carbocycles. The lowest BCUT2D eigenvalue weighted by molar-refractivity contribution is -0.133. The zero-order valence-electron chi connectivity index (χ0n) is 20.8. The second-order valence-corrected chi connectivity index (χ2v) is 10.5. The highest BCUT2D eigenvalue weighted by atomic mass is 32.1. The quantitative estimate of drug-likeness (QED) is 0.380. The summed E-state index contributed by atoms with van der Waals surface area (Å²) in [6.07, 6.45) is 0.951. The van der Waals surface area contributed by atoms with E-state index in [1.54, 1.807) is 20.9 Å². The van der Waals surface area contributed by atoms with E-state index in [1.165, 1.54) is 11.1 Å². The van der Waals surface area contributed by atoms with Crippen LogP contribution in [-0.4, -0.2) is 32.0 Å². The van der Waals surface area contributed by atoms with Crippen molar-refractivity contribution in [1.29, 1.82) is 0 Å². The summed E-state index contributed by atoms with van der Waals surface area (Å²) >= 11 is 1.58. The minimum Gasteiger partial charge on any atom is -0.350 e. The van der Waals surface area contributed by atoms with Gasteiger partial charge in [0.05, 0.1) is 11.4 Å². The van der Waals surface area contributed by atoms with E-state index < -0.39 is 5.54 Å². The first-order chi connectivity index (χ1) is 17.4. The molecular weight excluding hydrogens is 468 g/mol. The van der Waals surface area contributed by atoms with Crippen molar-refractivity contribution >= 4 is 23.2 Å². The summed E-state index contributed by atoms with van der Waals surface area (Å²) in [7, 11) is 0. The summed E-state index contributed by atoms with van der Waals surface area (Å²) in [5.41, 5.74) is 4.57. The lowest BCUT2D eigenvalue weighted by Gasteiger charge is -2.43.